The minimum atomic E-state index is -1.01. The van der Waals surface area contributed by atoms with Crippen LogP contribution in [0, 0.1) is 17.8 Å². The quantitative estimate of drug-likeness (QED) is 0.801. The van der Waals surface area contributed by atoms with Crippen molar-refractivity contribution in [3.63, 3.8) is 0 Å². The molecule has 0 spiro atoms. The molecular weight excluding hydrogens is 208 g/mol. The summed E-state index contributed by atoms with van der Waals surface area (Å²) in [4.78, 5) is 21.6. The van der Waals surface area contributed by atoms with Crippen LogP contribution in [0.25, 0.3) is 0 Å². The second kappa shape index (κ2) is 3.96. The van der Waals surface area contributed by atoms with Crippen LogP contribution in [0.3, 0.4) is 0 Å². The minimum Gasteiger partial charge on any atom is -0.481 e. The molecule has 1 aliphatic carbocycles. The van der Waals surface area contributed by atoms with Gasteiger partial charge in [-0.15, -0.1) is 0 Å². The molecule has 4 nitrogen and oxygen atoms in total. The molecule has 0 amide bonds. The summed E-state index contributed by atoms with van der Waals surface area (Å²) < 4.78 is 0. The zero-order valence-corrected chi connectivity index (χ0v) is 8.54. The summed E-state index contributed by atoms with van der Waals surface area (Å²) in [6, 6.07) is 9.37. The SMILES string of the molecule is O=C(O)[C@@H]1C(Cc2ccccc2)[C@H]1C(=O)O. The molecular formula is C12H12O4. The number of carboxylic acids is 2. The van der Waals surface area contributed by atoms with E-state index < -0.39 is 23.8 Å². The maximum absolute atomic E-state index is 10.8. The molecule has 2 rings (SSSR count). The molecule has 0 unspecified atom stereocenters. The predicted octanol–water partition coefficient (Wildman–Crippen LogP) is 1.26. The van der Waals surface area contributed by atoms with Crippen LogP contribution in [0.4, 0.5) is 0 Å². The first kappa shape index (κ1) is 10.7. The molecule has 16 heavy (non-hydrogen) atoms. The molecule has 0 bridgehead atoms. The lowest BCUT2D eigenvalue weighted by Crippen LogP contribution is -2.05. The van der Waals surface area contributed by atoms with Crippen LogP contribution in [0.1, 0.15) is 5.56 Å². The third-order valence-corrected chi connectivity index (χ3v) is 3.05. The fourth-order valence-corrected chi connectivity index (χ4v) is 2.19. The van der Waals surface area contributed by atoms with Crippen LogP contribution >= 0.6 is 0 Å². The molecule has 84 valence electrons. The Morgan fingerprint density at radius 1 is 1.00 bits per heavy atom. The Balaban J connectivity index is 2.06. The van der Waals surface area contributed by atoms with Gasteiger partial charge in [-0.25, -0.2) is 0 Å². The van der Waals surface area contributed by atoms with Crippen LogP contribution < -0.4 is 0 Å². The van der Waals surface area contributed by atoms with Gasteiger partial charge in [-0.1, -0.05) is 30.3 Å². The van der Waals surface area contributed by atoms with E-state index in [-0.39, 0.29) is 5.92 Å². The fourth-order valence-electron chi connectivity index (χ4n) is 2.19. The maximum atomic E-state index is 10.8. The highest BCUT2D eigenvalue weighted by Gasteiger charge is 2.59. The van der Waals surface area contributed by atoms with Crippen molar-refractivity contribution in [1.82, 2.24) is 0 Å². The van der Waals surface area contributed by atoms with E-state index in [1.54, 1.807) is 0 Å². The summed E-state index contributed by atoms with van der Waals surface area (Å²) in [5.41, 5.74) is 0.988. The summed E-state index contributed by atoms with van der Waals surface area (Å²) in [6.45, 7) is 0. The van der Waals surface area contributed by atoms with E-state index in [0.717, 1.165) is 5.56 Å². The highest BCUT2D eigenvalue weighted by molar-refractivity contribution is 5.86. The molecule has 0 heterocycles. The van der Waals surface area contributed by atoms with Crippen molar-refractivity contribution in [3.8, 4) is 0 Å². The lowest BCUT2D eigenvalue weighted by molar-refractivity contribution is -0.144. The molecule has 2 N–H and O–H groups in total. The predicted molar refractivity (Wildman–Crippen MR) is 55.9 cm³/mol. The second-order valence-corrected chi connectivity index (χ2v) is 4.08. The van der Waals surface area contributed by atoms with Gasteiger partial charge in [-0.3, -0.25) is 9.59 Å². The Morgan fingerprint density at radius 2 is 1.50 bits per heavy atom. The van der Waals surface area contributed by atoms with Gasteiger partial charge in [0.15, 0.2) is 0 Å². The highest BCUT2D eigenvalue weighted by atomic mass is 16.4. The van der Waals surface area contributed by atoms with E-state index in [0.29, 0.717) is 6.42 Å². The summed E-state index contributed by atoms with van der Waals surface area (Å²) in [7, 11) is 0. The zero-order valence-electron chi connectivity index (χ0n) is 8.54. The van der Waals surface area contributed by atoms with Gasteiger partial charge in [-0.05, 0) is 17.9 Å². The first-order chi connectivity index (χ1) is 7.61. The molecule has 2 atom stereocenters. The molecule has 0 aliphatic heterocycles. The van der Waals surface area contributed by atoms with Gasteiger partial charge in [0.25, 0.3) is 0 Å². The summed E-state index contributed by atoms with van der Waals surface area (Å²) in [5.74, 6) is -3.73. The van der Waals surface area contributed by atoms with Crippen LogP contribution in [-0.2, 0) is 16.0 Å². The van der Waals surface area contributed by atoms with Crippen molar-refractivity contribution in [2.75, 3.05) is 0 Å². The lowest BCUT2D eigenvalue weighted by atomic mass is 10.1. The number of benzene rings is 1. The Bertz CT molecular complexity index is 392. The first-order valence-electron chi connectivity index (χ1n) is 5.11. The molecule has 1 fully saturated rings. The van der Waals surface area contributed by atoms with Gasteiger partial charge in [0.2, 0.25) is 0 Å². The Kier molecular flexibility index (Phi) is 2.64. The Morgan fingerprint density at radius 3 is 1.94 bits per heavy atom. The average Bonchev–Trinajstić information content (AvgIpc) is 2.94. The molecule has 1 aliphatic rings. The number of hydrogen-bond acceptors (Lipinski definition) is 2. The molecule has 0 radical (unpaired) electrons. The number of hydrogen-bond donors (Lipinski definition) is 2. The van der Waals surface area contributed by atoms with Gasteiger partial charge in [0.05, 0.1) is 11.8 Å². The first-order valence-corrected chi connectivity index (χ1v) is 5.11. The van der Waals surface area contributed by atoms with Crippen molar-refractivity contribution in [3.05, 3.63) is 35.9 Å². The monoisotopic (exact) mass is 220 g/mol. The summed E-state index contributed by atoms with van der Waals surface area (Å²) >= 11 is 0. The van der Waals surface area contributed by atoms with Crippen molar-refractivity contribution in [2.24, 2.45) is 17.8 Å². The highest BCUT2D eigenvalue weighted by Crippen LogP contribution is 2.48. The van der Waals surface area contributed by atoms with Gasteiger partial charge in [0.1, 0.15) is 0 Å². The zero-order chi connectivity index (χ0) is 11.7. The largest absolute Gasteiger partial charge is 0.481 e. The van der Waals surface area contributed by atoms with E-state index in [1.807, 2.05) is 30.3 Å². The van der Waals surface area contributed by atoms with Crippen LogP contribution in [0.15, 0.2) is 30.3 Å². The van der Waals surface area contributed by atoms with E-state index in [1.165, 1.54) is 0 Å². The summed E-state index contributed by atoms with van der Waals surface area (Å²) in [5, 5.41) is 17.7. The normalized spacial score (nSPS) is 27.4. The van der Waals surface area contributed by atoms with Crippen molar-refractivity contribution in [2.45, 2.75) is 6.42 Å². The molecule has 1 aromatic rings. The fraction of sp³-hybridized carbons (Fsp3) is 0.333. The summed E-state index contributed by atoms with van der Waals surface area (Å²) in [6.07, 6.45) is 0.523. The Hall–Kier alpha value is -1.84. The third-order valence-electron chi connectivity index (χ3n) is 3.05. The van der Waals surface area contributed by atoms with Gasteiger partial charge >= 0.3 is 11.9 Å². The number of rotatable bonds is 4. The topological polar surface area (TPSA) is 74.6 Å². The average molecular weight is 220 g/mol. The van der Waals surface area contributed by atoms with Crippen LogP contribution in [0.2, 0.25) is 0 Å². The Labute approximate surface area is 92.5 Å². The smallest absolute Gasteiger partial charge is 0.307 e. The van der Waals surface area contributed by atoms with E-state index in [4.69, 9.17) is 10.2 Å². The standard InChI is InChI=1S/C12H12O4/c13-11(14)9-8(10(9)12(15)16)6-7-4-2-1-3-5-7/h1-5,8-10H,6H2,(H,13,14)(H,15,16)/t9-,10-/m1/s1. The molecule has 1 saturated carbocycles. The third kappa shape index (κ3) is 1.91. The van der Waals surface area contributed by atoms with E-state index in [9.17, 15) is 9.59 Å². The number of carbonyl (C=O) groups is 2. The number of carboxylic acid groups (broad SMARTS) is 2. The molecule has 4 heteroatoms. The van der Waals surface area contributed by atoms with Crippen LogP contribution in [-0.4, -0.2) is 22.2 Å². The molecule has 1 aromatic carbocycles. The maximum Gasteiger partial charge on any atom is 0.307 e. The van der Waals surface area contributed by atoms with Gasteiger partial charge in [0, 0.05) is 0 Å². The van der Waals surface area contributed by atoms with E-state index >= 15 is 0 Å². The second-order valence-electron chi connectivity index (χ2n) is 4.08. The van der Waals surface area contributed by atoms with E-state index in [2.05, 4.69) is 0 Å². The van der Waals surface area contributed by atoms with Crippen molar-refractivity contribution in [1.29, 1.82) is 0 Å². The van der Waals surface area contributed by atoms with Crippen molar-refractivity contribution < 1.29 is 19.8 Å². The molecule has 0 saturated heterocycles. The van der Waals surface area contributed by atoms with Crippen molar-refractivity contribution >= 4 is 11.9 Å². The lowest BCUT2D eigenvalue weighted by Gasteiger charge is -1.98. The molecule has 0 aromatic heterocycles. The van der Waals surface area contributed by atoms with Gasteiger partial charge < -0.3 is 10.2 Å². The van der Waals surface area contributed by atoms with Gasteiger partial charge in [-0.2, -0.15) is 0 Å². The number of aliphatic carboxylic acids is 2. The van der Waals surface area contributed by atoms with Crippen LogP contribution in [0.5, 0.6) is 0 Å². The minimum absolute atomic E-state index is 0.266.